The topological polar surface area (TPSA) is 79.9 Å². The normalized spacial score (nSPS) is 10.6. The number of rotatable bonds is 7. The van der Waals surface area contributed by atoms with Crippen LogP contribution >= 0.6 is 0 Å². The van der Waals surface area contributed by atoms with Crippen molar-refractivity contribution >= 4 is 5.82 Å². The van der Waals surface area contributed by atoms with E-state index in [0.717, 1.165) is 41.4 Å². The summed E-state index contributed by atoms with van der Waals surface area (Å²) in [5.74, 6) is 2.18. The summed E-state index contributed by atoms with van der Waals surface area (Å²) >= 11 is 0. The molecule has 6 heteroatoms. The molecule has 140 valence electrons. The average molecular weight is 364 g/mol. The molecular formula is C21H24N4O2. The monoisotopic (exact) mass is 364 g/mol. The summed E-state index contributed by atoms with van der Waals surface area (Å²) in [5, 5.41) is 3.29. The van der Waals surface area contributed by atoms with E-state index in [1.54, 1.807) is 13.1 Å². The average Bonchev–Trinajstić information content (AvgIpc) is 2.69. The van der Waals surface area contributed by atoms with Crippen LogP contribution < -0.4 is 15.6 Å². The van der Waals surface area contributed by atoms with Gasteiger partial charge in [-0.2, -0.15) is 0 Å². The van der Waals surface area contributed by atoms with E-state index in [1.807, 2.05) is 43.3 Å². The van der Waals surface area contributed by atoms with Gasteiger partial charge in [0.2, 0.25) is 0 Å². The Balaban J connectivity index is 1.63. The van der Waals surface area contributed by atoms with Crippen molar-refractivity contribution in [2.24, 2.45) is 0 Å². The standard InChI is InChI=1S/C21H24N4O2/c1-4-11-27-18-8-5-16(6-9-18)12-22-19-10-7-17(13-23-19)20-24-15(3)14(2)21(26)25-20/h5-10,13H,4,11-12H2,1-3H3,(H,22,23)(H,24,25,26). The van der Waals surface area contributed by atoms with Crippen LogP contribution in [0, 0.1) is 13.8 Å². The number of pyridine rings is 1. The number of anilines is 1. The van der Waals surface area contributed by atoms with Crippen molar-refractivity contribution in [1.82, 2.24) is 15.0 Å². The number of H-pyrrole nitrogens is 1. The summed E-state index contributed by atoms with van der Waals surface area (Å²) in [6, 6.07) is 11.8. The lowest BCUT2D eigenvalue weighted by Crippen LogP contribution is -2.14. The Bertz CT molecular complexity index is 947. The molecule has 2 heterocycles. The lowest BCUT2D eigenvalue weighted by Gasteiger charge is -2.09. The van der Waals surface area contributed by atoms with E-state index in [2.05, 4.69) is 27.2 Å². The molecule has 0 saturated carbocycles. The van der Waals surface area contributed by atoms with Gasteiger partial charge in [0.05, 0.1) is 6.61 Å². The fraction of sp³-hybridized carbons (Fsp3) is 0.286. The maximum absolute atomic E-state index is 11.9. The van der Waals surface area contributed by atoms with E-state index >= 15 is 0 Å². The van der Waals surface area contributed by atoms with Gasteiger partial charge in [-0.25, -0.2) is 9.97 Å². The summed E-state index contributed by atoms with van der Waals surface area (Å²) < 4.78 is 5.59. The Morgan fingerprint density at radius 2 is 1.89 bits per heavy atom. The predicted octanol–water partition coefficient (Wildman–Crippen LogP) is 3.85. The highest BCUT2D eigenvalue weighted by molar-refractivity contribution is 5.56. The highest BCUT2D eigenvalue weighted by Crippen LogP contribution is 2.17. The Kier molecular flexibility index (Phi) is 5.86. The number of benzene rings is 1. The molecule has 3 rings (SSSR count). The van der Waals surface area contributed by atoms with E-state index in [4.69, 9.17) is 4.74 Å². The van der Waals surface area contributed by atoms with Crippen LogP contribution in [0.2, 0.25) is 0 Å². The van der Waals surface area contributed by atoms with Gasteiger partial charge in [0.25, 0.3) is 5.56 Å². The Morgan fingerprint density at radius 1 is 1.11 bits per heavy atom. The summed E-state index contributed by atoms with van der Waals surface area (Å²) in [5.41, 5.74) is 3.16. The third kappa shape index (κ3) is 4.73. The van der Waals surface area contributed by atoms with Crippen molar-refractivity contribution in [3.05, 3.63) is 69.8 Å². The van der Waals surface area contributed by atoms with Crippen molar-refractivity contribution in [3.8, 4) is 17.1 Å². The van der Waals surface area contributed by atoms with Gasteiger partial charge in [-0.05, 0) is 50.1 Å². The molecule has 2 N–H and O–H groups in total. The molecule has 0 bridgehead atoms. The van der Waals surface area contributed by atoms with E-state index < -0.39 is 0 Å². The number of hydrogen-bond donors (Lipinski definition) is 2. The van der Waals surface area contributed by atoms with Crippen molar-refractivity contribution in [2.75, 3.05) is 11.9 Å². The smallest absolute Gasteiger partial charge is 0.254 e. The summed E-state index contributed by atoms with van der Waals surface area (Å²) in [7, 11) is 0. The van der Waals surface area contributed by atoms with Gasteiger partial charge in [0, 0.05) is 29.6 Å². The molecule has 2 aromatic heterocycles. The second-order valence-electron chi connectivity index (χ2n) is 6.40. The number of nitrogens with one attached hydrogen (secondary N) is 2. The molecule has 0 fully saturated rings. The minimum absolute atomic E-state index is 0.119. The Labute approximate surface area is 158 Å². The number of ether oxygens (including phenoxy) is 1. The zero-order valence-electron chi connectivity index (χ0n) is 15.9. The van der Waals surface area contributed by atoms with Crippen LogP contribution in [-0.2, 0) is 6.54 Å². The van der Waals surface area contributed by atoms with Crippen molar-refractivity contribution in [3.63, 3.8) is 0 Å². The number of aryl methyl sites for hydroxylation is 1. The molecule has 0 spiro atoms. The largest absolute Gasteiger partial charge is 0.494 e. The third-order valence-corrected chi connectivity index (χ3v) is 4.30. The highest BCUT2D eigenvalue weighted by atomic mass is 16.5. The zero-order chi connectivity index (χ0) is 19.2. The maximum atomic E-state index is 11.9. The van der Waals surface area contributed by atoms with Crippen molar-refractivity contribution in [2.45, 2.75) is 33.7 Å². The van der Waals surface area contributed by atoms with Crippen LogP contribution in [0.15, 0.2) is 47.4 Å². The van der Waals surface area contributed by atoms with Crippen LogP contribution in [0.3, 0.4) is 0 Å². The SMILES string of the molecule is CCCOc1ccc(CNc2ccc(-c3nc(C)c(C)c(=O)[nH]3)cn2)cc1. The van der Waals surface area contributed by atoms with Gasteiger partial charge in [-0.1, -0.05) is 19.1 Å². The second kappa shape index (κ2) is 8.49. The van der Waals surface area contributed by atoms with Gasteiger partial charge in [0.15, 0.2) is 0 Å². The molecule has 0 aliphatic heterocycles. The number of aromatic amines is 1. The second-order valence-corrected chi connectivity index (χ2v) is 6.40. The van der Waals surface area contributed by atoms with Crippen LogP contribution in [-0.4, -0.2) is 21.6 Å². The number of hydrogen-bond acceptors (Lipinski definition) is 5. The van der Waals surface area contributed by atoms with Crippen LogP contribution in [0.4, 0.5) is 5.82 Å². The predicted molar refractivity (Wildman–Crippen MR) is 107 cm³/mol. The zero-order valence-corrected chi connectivity index (χ0v) is 15.9. The molecule has 0 radical (unpaired) electrons. The first-order chi connectivity index (χ1) is 13.1. The summed E-state index contributed by atoms with van der Waals surface area (Å²) in [4.78, 5) is 23.5. The molecule has 1 aromatic carbocycles. The molecular weight excluding hydrogens is 340 g/mol. The maximum Gasteiger partial charge on any atom is 0.254 e. The molecule has 0 atom stereocenters. The molecule has 0 aliphatic rings. The van der Waals surface area contributed by atoms with Crippen molar-refractivity contribution < 1.29 is 4.74 Å². The fourth-order valence-corrected chi connectivity index (χ4v) is 2.54. The first-order valence-corrected chi connectivity index (χ1v) is 9.06. The summed E-state index contributed by atoms with van der Waals surface area (Å²) in [6.45, 7) is 7.08. The lowest BCUT2D eigenvalue weighted by atomic mass is 10.2. The molecule has 0 saturated heterocycles. The van der Waals surface area contributed by atoms with Crippen LogP contribution in [0.25, 0.3) is 11.4 Å². The van der Waals surface area contributed by atoms with E-state index in [9.17, 15) is 4.79 Å². The van der Waals surface area contributed by atoms with Gasteiger partial charge < -0.3 is 15.0 Å². The molecule has 0 amide bonds. The minimum Gasteiger partial charge on any atom is -0.494 e. The molecule has 3 aromatic rings. The Morgan fingerprint density at radius 3 is 2.52 bits per heavy atom. The van der Waals surface area contributed by atoms with Crippen LogP contribution in [0.1, 0.15) is 30.2 Å². The van der Waals surface area contributed by atoms with Crippen molar-refractivity contribution in [1.29, 1.82) is 0 Å². The first kappa shape index (κ1) is 18.6. The molecule has 6 nitrogen and oxygen atoms in total. The number of aromatic nitrogens is 3. The Hall–Kier alpha value is -3.15. The van der Waals surface area contributed by atoms with Crippen LogP contribution in [0.5, 0.6) is 5.75 Å². The minimum atomic E-state index is -0.119. The van der Waals surface area contributed by atoms with Gasteiger partial charge in [-0.3, -0.25) is 4.79 Å². The quantitative estimate of drug-likeness (QED) is 0.666. The van der Waals surface area contributed by atoms with Gasteiger partial charge in [-0.15, -0.1) is 0 Å². The third-order valence-electron chi connectivity index (χ3n) is 4.30. The van der Waals surface area contributed by atoms with Gasteiger partial charge in [0.1, 0.15) is 17.4 Å². The molecule has 27 heavy (non-hydrogen) atoms. The highest BCUT2D eigenvalue weighted by Gasteiger charge is 2.06. The molecule has 0 aliphatic carbocycles. The van der Waals surface area contributed by atoms with E-state index in [-0.39, 0.29) is 5.56 Å². The van der Waals surface area contributed by atoms with E-state index in [0.29, 0.717) is 17.9 Å². The van der Waals surface area contributed by atoms with Gasteiger partial charge >= 0.3 is 0 Å². The lowest BCUT2D eigenvalue weighted by molar-refractivity contribution is 0.317. The number of nitrogens with zero attached hydrogens (tertiary/aromatic N) is 2. The summed E-state index contributed by atoms with van der Waals surface area (Å²) in [6.07, 6.45) is 2.70. The van der Waals surface area contributed by atoms with E-state index in [1.165, 1.54) is 0 Å². The fourth-order valence-electron chi connectivity index (χ4n) is 2.54. The first-order valence-electron chi connectivity index (χ1n) is 9.06. The molecule has 0 unspecified atom stereocenters.